The average molecular weight is 393 g/mol. The molecular formula is C23H36O5. The predicted molar refractivity (Wildman–Crippen MR) is 107 cm³/mol. The van der Waals surface area contributed by atoms with Crippen molar-refractivity contribution in [3.63, 3.8) is 0 Å². The Morgan fingerprint density at radius 3 is 2.54 bits per heavy atom. The Hall–Kier alpha value is -1.36. The van der Waals surface area contributed by atoms with E-state index in [1.807, 2.05) is 6.92 Å². The second-order valence-corrected chi connectivity index (χ2v) is 10.0. The van der Waals surface area contributed by atoms with Crippen LogP contribution in [0.3, 0.4) is 0 Å². The van der Waals surface area contributed by atoms with Crippen LogP contribution in [0.15, 0.2) is 11.6 Å². The summed E-state index contributed by atoms with van der Waals surface area (Å²) in [5, 5.41) is 0. The van der Waals surface area contributed by atoms with Gasteiger partial charge in [-0.25, -0.2) is 0 Å². The van der Waals surface area contributed by atoms with E-state index in [2.05, 4.69) is 26.8 Å². The third-order valence-electron chi connectivity index (χ3n) is 8.05. The minimum Gasteiger partial charge on any atom is -0.469 e. The Labute approximate surface area is 169 Å². The van der Waals surface area contributed by atoms with Crippen molar-refractivity contribution in [2.75, 3.05) is 13.7 Å². The summed E-state index contributed by atoms with van der Waals surface area (Å²) in [6.07, 6.45) is 8.60. The van der Waals surface area contributed by atoms with E-state index in [1.165, 1.54) is 19.6 Å². The van der Waals surface area contributed by atoms with Gasteiger partial charge in [0, 0.05) is 17.8 Å². The first-order valence-corrected chi connectivity index (χ1v) is 10.6. The maximum atomic E-state index is 12.0. The number of hydrogen-bond donors (Lipinski definition) is 0. The van der Waals surface area contributed by atoms with Gasteiger partial charge in [-0.05, 0) is 57.4 Å². The van der Waals surface area contributed by atoms with Crippen LogP contribution in [0.4, 0.5) is 0 Å². The first-order valence-electron chi connectivity index (χ1n) is 10.6. The SMILES string of the molecule is COC(=O)CC1(C)CCC2(O1)C(C)=CCC1C(C)(COC(C)=O)CCCC12C. The summed E-state index contributed by atoms with van der Waals surface area (Å²) in [5.41, 5.74) is 0.310. The zero-order chi connectivity index (χ0) is 20.8. The lowest BCUT2D eigenvalue weighted by Crippen LogP contribution is -2.60. The van der Waals surface area contributed by atoms with Crippen LogP contribution in [0.25, 0.3) is 0 Å². The van der Waals surface area contributed by atoms with Crippen LogP contribution in [-0.2, 0) is 23.8 Å². The Kier molecular flexibility index (Phi) is 5.46. The summed E-state index contributed by atoms with van der Waals surface area (Å²) in [4.78, 5) is 23.5. The predicted octanol–water partition coefficient (Wildman–Crippen LogP) is 4.58. The molecule has 3 aliphatic rings. The normalized spacial score (nSPS) is 42.6. The molecular weight excluding hydrogens is 356 g/mol. The maximum Gasteiger partial charge on any atom is 0.308 e. The van der Waals surface area contributed by atoms with Crippen LogP contribution < -0.4 is 0 Å². The summed E-state index contributed by atoms with van der Waals surface area (Å²) >= 11 is 0. The summed E-state index contributed by atoms with van der Waals surface area (Å²) in [6.45, 7) is 10.8. The van der Waals surface area contributed by atoms with Gasteiger partial charge in [-0.15, -0.1) is 0 Å². The number of allylic oxidation sites excluding steroid dienone is 1. The smallest absolute Gasteiger partial charge is 0.308 e. The third kappa shape index (κ3) is 3.30. The molecule has 5 unspecified atom stereocenters. The van der Waals surface area contributed by atoms with E-state index in [0.717, 1.165) is 38.5 Å². The lowest BCUT2D eigenvalue weighted by atomic mass is 9.46. The van der Waals surface area contributed by atoms with E-state index in [4.69, 9.17) is 14.2 Å². The molecule has 5 atom stereocenters. The van der Waals surface area contributed by atoms with E-state index < -0.39 is 5.60 Å². The van der Waals surface area contributed by atoms with Gasteiger partial charge in [0.05, 0.1) is 31.3 Å². The van der Waals surface area contributed by atoms with Crippen LogP contribution in [0.2, 0.25) is 0 Å². The van der Waals surface area contributed by atoms with Crippen molar-refractivity contribution in [3.8, 4) is 0 Å². The summed E-state index contributed by atoms with van der Waals surface area (Å²) in [5.74, 6) is -0.0622. The van der Waals surface area contributed by atoms with Gasteiger partial charge < -0.3 is 14.2 Å². The van der Waals surface area contributed by atoms with E-state index in [1.54, 1.807) is 0 Å². The lowest BCUT2D eigenvalue weighted by Gasteiger charge is -2.61. The zero-order valence-corrected chi connectivity index (χ0v) is 18.4. The molecule has 5 nitrogen and oxygen atoms in total. The van der Waals surface area contributed by atoms with Gasteiger partial charge in [-0.2, -0.15) is 0 Å². The number of hydrogen-bond acceptors (Lipinski definition) is 5. The highest BCUT2D eigenvalue weighted by Crippen LogP contribution is 2.66. The molecule has 0 bridgehead atoms. The average Bonchev–Trinajstić information content (AvgIpc) is 2.97. The Morgan fingerprint density at radius 1 is 1.18 bits per heavy atom. The fraction of sp³-hybridized carbons (Fsp3) is 0.826. The minimum atomic E-state index is -0.503. The van der Waals surface area contributed by atoms with Gasteiger partial charge in [0.25, 0.3) is 0 Å². The van der Waals surface area contributed by atoms with Crippen LogP contribution in [-0.4, -0.2) is 36.9 Å². The van der Waals surface area contributed by atoms with E-state index >= 15 is 0 Å². The van der Waals surface area contributed by atoms with Crippen molar-refractivity contribution in [1.82, 2.24) is 0 Å². The molecule has 158 valence electrons. The number of carbonyl (C=O) groups is 2. The summed E-state index contributed by atoms with van der Waals surface area (Å²) in [6, 6.07) is 0. The molecule has 2 fully saturated rings. The van der Waals surface area contributed by atoms with Crippen molar-refractivity contribution in [1.29, 1.82) is 0 Å². The summed E-state index contributed by atoms with van der Waals surface area (Å²) in [7, 11) is 1.43. The quantitative estimate of drug-likeness (QED) is 0.517. The second-order valence-electron chi connectivity index (χ2n) is 10.0. The van der Waals surface area contributed by atoms with Crippen molar-refractivity contribution < 1.29 is 23.8 Å². The van der Waals surface area contributed by atoms with E-state index in [-0.39, 0.29) is 34.8 Å². The molecule has 0 aromatic rings. The molecule has 1 spiro atoms. The van der Waals surface area contributed by atoms with Crippen molar-refractivity contribution in [2.24, 2.45) is 16.7 Å². The third-order valence-corrected chi connectivity index (χ3v) is 8.05. The molecule has 0 amide bonds. The Balaban J connectivity index is 1.95. The number of rotatable bonds is 4. The monoisotopic (exact) mass is 392 g/mol. The van der Waals surface area contributed by atoms with Crippen molar-refractivity contribution >= 4 is 11.9 Å². The van der Waals surface area contributed by atoms with Crippen LogP contribution in [0.1, 0.15) is 79.6 Å². The highest BCUT2D eigenvalue weighted by Gasteiger charge is 2.65. The number of esters is 2. The molecule has 3 rings (SSSR count). The highest BCUT2D eigenvalue weighted by molar-refractivity contribution is 5.70. The van der Waals surface area contributed by atoms with Gasteiger partial charge in [-0.3, -0.25) is 9.59 Å². The van der Waals surface area contributed by atoms with Gasteiger partial charge in [0.2, 0.25) is 0 Å². The Morgan fingerprint density at radius 2 is 1.89 bits per heavy atom. The largest absolute Gasteiger partial charge is 0.469 e. The van der Waals surface area contributed by atoms with E-state index in [0.29, 0.717) is 12.5 Å². The zero-order valence-electron chi connectivity index (χ0n) is 18.4. The van der Waals surface area contributed by atoms with Gasteiger partial charge in [0.1, 0.15) is 0 Å². The first-order chi connectivity index (χ1) is 13.0. The fourth-order valence-electron chi connectivity index (χ4n) is 6.50. The molecule has 1 saturated heterocycles. The Bertz CT molecular complexity index is 684. The molecule has 0 radical (unpaired) electrons. The lowest BCUT2D eigenvalue weighted by molar-refractivity contribution is -0.201. The van der Waals surface area contributed by atoms with Gasteiger partial charge in [0.15, 0.2) is 0 Å². The standard InChI is InChI=1S/C23H36O5/c1-16-8-9-18-20(3,15-27-17(2)24)10-7-11-22(18,5)23(16)13-12-21(4,28-23)14-19(25)26-6/h8,18H,7,9-15H2,1-6H3. The number of ether oxygens (including phenoxy) is 3. The van der Waals surface area contributed by atoms with Gasteiger partial charge in [-0.1, -0.05) is 26.3 Å². The van der Waals surface area contributed by atoms with Gasteiger partial charge >= 0.3 is 11.9 Å². The van der Waals surface area contributed by atoms with Crippen LogP contribution in [0.5, 0.6) is 0 Å². The number of carbonyl (C=O) groups excluding carboxylic acids is 2. The number of methoxy groups -OCH3 is 1. The van der Waals surface area contributed by atoms with Crippen molar-refractivity contribution in [2.45, 2.75) is 90.8 Å². The maximum absolute atomic E-state index is 12.0. The minimum absolute atomic E-state index is 0.0487. The first kappa shape index (κ1) is 21.4. The van der Waals surface area contributed by atoms with E-state index in [9.17, 15) is 9.59 Å². The molecule has 1 heterocycles. The second kappa shape index (κ2) is 7.16. The molecule has 1 aliphatic heterocycles. The fourth-order valence-corrected chi connectivity index (χ4v) is 6.50. The van der Waals surface area contributed by atoms with Crippen molar-refractivity contribution in [3.05, 3.63) is 11.6 Å². The highest BCUT2D eigenvalue weighted by atomic mass is 16.5. The number of fused-ring (bicyclic) bond motifs is 2. The molecule has 0 N–H and O–H groups in total. The molecule has 2 aliphatic carbocycles. The molecule has 28 heavy (non-hydrogen) atoms. The molecule has 5 heteroatoms. The van der Waals surface area contributed by atoms with Crippen LogP contribution >= 0.6 is 0 Å². The summed E-state index contributed by atoms with van der Waals surface area (Å²) < 4.78 is 17.3. The molecule has 0 aromatic heterocycles. The molecule has 0 aromatic carbocycles. The molecule has 1 saturated carbocycles. The topological polar surface area (TPSA) is 61.8 Å². The van der Waals surface area contributed by atoms with Crippen LogP contribution in [0, 0.1) is 16.7 Å².